The smallest absolute Gasteiger partial charge is 0.0702 e. The Kier molecular flexibility index (Phi) is 5.53. The van der Waals surface area contributed by atoms with Crippen LogP contribution in [-0.2, 0) is 4.74 Å². The Morgan fingerprint density at radius 3 is 2.67 bits per heavy atom. The van der Waals surface area contributed by atoms with Crippen molar-refractivity contribution >= 4 is 0 Å². The van der Waals surface area contributed by atoms with Crippen molar-refractivity contribution in [3.05, 3.63) is 0 Å². The van der Waals surface area contributed by atoms with Gasteiger partial charge in [0, 0.05) is 25.7 Å². The van der Waals surface area contributed by atoms with E-state index in [0.717, 1.165) is 26.0 Å². The molecule has 1 saturated heterocycles. The lowest BCUT2D eigenvalue weighted by atomic mass is 10.2. The van der Waals surface area contributed by atoms with Gasteiger partial charge in [-0.15, -0.1) is 0 Å². The molecule has 0 aromatic rings. The minimum Gasteiger partial charge on any atom is -0.395 e. The molecule has 1 heterocycles. The Bertz CT molecular complexity index is 169. The highest BCUT2D eigenvalue weighted by Crippen LogP contribution is 2.14. The molecule has 4 nitrogen and oxygen atoms in total. The zero-order valence-corrected chi connectivity index (χ0v) is 9.72. The fourth-order valence-electron chi connectivity index (χ4n) is 1.94. The van der Waals surface area contributed by atoms with E-state index in [9.17, 15) is 5.11 Å². The number of nitrogens with zero attached hydrogens (tertiary/aromatic N) is 1. The van der Waals surface area contributed by atoms with Gasteiger partial charge in [0.05, 0.1) is 18.8 Å². The Morgan fingerprint density at radius 1 is 1.47 bits per heavy atom. The van der Waals surface area contributed by atoms with Crippen molar-refractivity contribution in [2.45, 2.75) is 44.9 Å². The first-order valence-electron chi connectivity index (χ1n) is 5.78. The Labute approximate surface area is 91.8 Å². The van der Waals surface area contributed by atoms with Gasteiger partial charge in [0.2, 0.25) is 0 Å². The van der Waals surface area contributed by atoms with Crippen LogP contribution in [0, 0.1) is 0 Å². The molecule has 0 radical (unpaired) electrons. The van der Waals surface area contributed by atoms with Crippen LogP contribution in [0.4, 0.5) is 0 Å². The monoisotopic (exact) mass is 217 g/mol. The summed E-state index contributed by atoms with van der Waals surface area (Å²) in [4.78, 5) is 2.10. The van der Waals surface area contributed by atoms with Crippen molar-refractivity contribution < 1.29 is 14.9 Å². The molecule has 0 saturated carbocycles. The van der Waals surface area contributed by atoms with Gasteiger partial charge in [-0.05, 0) is 26.7 Å². The van der Waals surface area contributed by atoms with Crippen LogP contribution in [0.15, 0.2) is 0 Å². The molecule has 3 atom stereocenters. The van der Waals surface area contributed by atoms with Gasteiger partial charge in [-0.25, -0.2) is 0 Å². The molecule has 2 N–H and O–H groups in total. The van der Waals surface area contributed by atoms with Gasteiger partial charge in [-0.2, -0.15) is 0 Å². The first kappa shape index (κ1) is 12.9. The van der Waals surface area contributed by atoms with Crippen molar-refractivity contribution in [3.63, 3.8) is 0 Å². The fourth-order valence-corrected chi connectivity index (χ4v) is 1.94. The highest BCUT2D eigenvalue weighted by Gasteiger charge is 2.22. The number of hydrogen-bond donors (Lipinski definition) is 2. The summed E-state index contributed by atoms with van der Waals surface area (Å²) in [6.07, 6.45) is 2.13. The maximum atomic E-state index is 9.38. The third kappa shape index (κ3) is 4.47. The lowest BCUT2D eigenvalue weighted by Crippen LogP contribution is -2.44. The molecule has 0 amide bonds. The van der Waals surface area contributed by atoms with Crippen LogP contribution in [0.2, 0.25) is 0 Å². The Morgan fingerprint density at radius 2 is 2.20 bits per heavy atom. The van der Waals surface area contributed by atoms with E-state index in [0.29, 0.717) is 6.54 Å². The number of aliphatic hydroxyl groups excluding tert-OH is 2. The van der Waals surface area contributed by atoms with E-state index in [1.165, 1.54) is 0 Å². The van der Waals surface area contributed by atoms with Gasteiger partial charge >= 0.3 is 0 Å². The predicted octanol–water partition coefficient (Wildman–Crippen LogP) is 0.229. The Hall–Kier alpha value is -0.160. The van der Waals surface area contributed by atoms with E-state index >= 15 is 0 Å². The van der Waals surface area contributed by atoms with Crippen molar-refractivity contribution in [1.29, 1.82) is 0 Å². The summed E-state index contributed by atoms with van der Waals surface area (Å²) in [5, 5.41) is 18.5. The van der Waals surface area contributed by atoms with Gasteiger partial charge in [-0.1, -0.05) is 0 Å². The third-order valence-corrected chi connectivity index (χ3v) is 2.85. The van der Waals surface area contributed by atoms with Crippen LogP contribution in [0.5, 0.6) is 0 Å². The minimum absolute atomic E-state index is 0.0869. The molecule has 0 aromatic carbocycles. The second-order valence-electron chi connectivity index (χ2n) is 4.47. The molecule has 0 unspecified atom stereocenters. The highest BCUT2D eigenvalue weighted by atomic mass is 16.5. The topological polar surface area (TPSA) is 52.9 Å². The minimum atomic E-state index is -0.361. The predicted molar refractivity (Wildman–Crippen MR) is 58.8 cm³/mol. The maximum Gasteiger partial charge on any atom is 0.0702 e. The average Bonchev–Trinajstić information content (AvgIpc) is 2.67. The molecular weight excluding hydrogens is 194 g/mol. The summed E-state index contributed by atoms with van der Waals surface area (Å²) in [7, 11) is 0. The molecule has 0 spiro atoms. The van der Waals surface area contributed by atoms with Crippen LogP contribution in [-0.4, -0.2) is 59.7 Å². The van der Waals surface area contributed by atoms with Crippen molar-refractivity contribution in [2.75, 3.05) is 26.3 Å². The summed E-state index contributed by atoms with van der Waals surface area (Å²) < 4.78 is 5.55. The van der Waals surface area contributed by atoms with Crippen LogP contribution >= 0.6 is 0 Å². The fraction of sp³-hybridized carbons (Fsp3) is 1.00. The quantitative estimate of drug-likeness (QED) is 0.669. The normalized spacial score (nSPS) is 25.8. The van der Waals surface area contributed by atoms with Crippen LogP contribution < -0.4 is 0 Å². The van der Waals surface area contributed by atoms with E-state index in [1.54, 1.807) is 6.92 Å². The molecule has 0 bridgehead atoms. The molecule has 1 aliphatic heterocycles. The van der Waals surface area contributed by atoms with Crippen molar-refractivity contribution in [2.24, 2.45) is 0 Å². The second kappa shape index (κ2) is 6.43. The molecule has 1 fully saturated rings. The van der Waals surface area contributed by atoms with E-state index in [4.69, 9.17) is 9.84 Å². The first-order valence-corrected chi connectivity index (χ1v) is 5.78. The van der Waals surface area contributed by atoms with Crippen LogP contribution in [0.1, 0.15) is 26.7 Å². The lowest BCUT2D eigenvalue weighted by molar-refractivity contribution is 0.0246. The van der Waals surface area contributed by atoms with E-state index < -0.39 is 0 Å². The van der Waals surface area contributed by atoms with Gasteiger partial charge < -0.3 is 14.9 Å². The molecular formula is C11H23NO3. The van der Waals surface area contributed by atoms with E-state index in [-0.39, 0.29) is 24.9 Å². The summed E-state index contributed by atoms with van der Waals surface area (Å²) in [6.45, 7) is 6.12. The number of rotatable bonds is 6. The van der Waals surface area contributed by atoms with Crippen molar-refractivity contribution in [1.82, 2.24) is 4.90 Å². The van der Waals surface area contributed by atoms with Gasteiger partial charge in [-0.3, -0.25) is 4.90 Å². The summed E-state index contributed by atoms with van der Waals surface area (Å²) >= 11 is 0. The summed E-state index contributed by atoms with van der Waals surface area (Å²) in [6, 6.07) is 0.0869. The van der Waals surface area contributed by atoms with Gasteiger partial charge in [0.15, 0.2) is 0 Å². The third-order valence-electron chi connectivity index (χ3n) is 2.85. The first-order chi connectivity index (χ1) is 7.13. The zero-order valence-electron chi connectivity index (χ0n) is 9.72. The largest absolute Gasteiger partial charge is 0.395 e. The molecule has 90 valence electrons. The van der Waals surface area contributed by atoms with Crippen LogP contribution in [0.25, 0.3) is 0 Å². The number of aliphatic hydroxyl groups is 2. The maximum absolute atomic E-state index is 9.38. The van der Waals surface area contributed by atoms with E-state index in [1.807, 2.05) is 6.92 Å². The van der Waals surface area contributed by atoms with Gasteiger partial charge in [0.1, 0.15) is 0 Å². The molecule has 0 aliphatic carbocycles. The standard InChI is InChI=1S/C11H23NO3/c1-9(8-13)12(6-10(2)14)7-11-4-3-5-15-11/h9-11,13-14H,3-8H2,1-2H3/t9-,10+,11-/m1/s1. The molecule has 0 aromatic heterocycles. The Balaban J connectivity index is 2.39. The highest BCUT2D eigenvalue weighted by molar-refractivity contribution is 4.75. The van der Waals surface area contributed by atoms with Crippen molar-refractivity contribution in [3.8, 4) is 0 Å². The molecule has 15 heavy (non-hydrogen) atoms. The molecule has 1 rings (SSSR count). The average molecular weight is 217 g/mol. The molecule has 1 aliphatic rings. The number of hydrogen-bond acceptors (Lipinski definition) is 4. The van der Waals surface area contributed by atoms with Gasteiger partial charge in [0.25, 0.3) is 0 Å². The molecule has 4 heteroatoms. The summed E-state index contributed by atoms with van der Waals surface area (Å²) in [5.41, 5.74) is 0. The summed E-state index contributed by atoms with van der Waals surface area (Å²) in [5.74, 6) is 0. The SMILES string of the molecule is C[C@H](O)CN(C[C@H]1CCCO1)[C@H](C)CO. The van der Waals surface area contributed by atoms with E-state index in [2.05, 4.69) is 4.90 Å². The second-order valence-corrected chi connectivity index (χ2v) is 4.47. The lowest BCUT2D eigenvalue weighted by Gasteiger charge is -2.30. The number of ether oxygens (including phenoxy) is 1. The zero-order chi connectivity index (χ0) is 11.3. The van der Waals surface area contributed by atoms with Crippen LogP contribution in [0.3, 0.4) is 0 Å².